The molecule has 1 aromatic rings. The van der Waals surface area contributed by atoms with Crippen molar-refractivity contribution in [3.05, 3.63) is 23.5 Å². The molecule has 1 aromatic heterocycles. The van der Waals surface area contributed by atoms with Gasteiger partial charge in [-0.15, -0.1) is 0 Å². The SMILES string of the molecule is CC(C)(C)OC(=O)N1CCC(n2ccc(C#N)c2C(=O)O)C1. The van der Waals surface area contributed by atoms with Gasteiger partial charge in [-0.2, -0.15) is 5.26 Å². The lowest BCUT2D eigenvalue weighted by Crippen LogP contribution is -2.35. The molecule has 1 fully saturated rings. The standard InChI is InChI=1S/C15H19N3O4/c1-15(2,3)22-14(21)17-6-5-11(9-17)18-7-4-10(8-16)12(18)13(19)20/h4,7,11H,5-6,9H2,1-3H3,(H,19,20). The van der Waals surface area contributed by atoms with Gasteiger partial charge >= 0.3 is 12.1 Å². The number of carbonyl (C=O) groups excluding carboxylic acids is 1. The molecule has 0 spiro atoms. The van der Waals surface area contributed by atoms with Gasteiger partial charge in [-0.3, -0.25) is 0 Å². The van der Waals surface area contributed by atoms with E-state index >= 15 is 0 Å². The van der Waals surface area contributed by atoms with Crippen LogP contribution in [0.15, 0.2) is 12.3 Å². The molecule has 1 N–H and O–H groups in total. The van der Waals surface area contributed by atoms with Crippen molar-refractivity contribution in [3.8, 4) is 6.07 Å². The Balaban J connectivity index is 2.15. The van der Waals surface area contributed by atoms with Crippen molar-refractivity contribution in [1.29, 1.82) is 5.26 Å². The predicted octanol–water partition coefficient (Wildman–Crippen LogP) is 2.24. The Morgan fingerprint density at radius 2 is 2.14 bits per heavy atom. The second kappa shape index (κ2) is 5.72. The lowest BCUT2D eigenvalue weighted by molar-refractivity contribution is 0.0289. The van der Waals surface area contributed by atoms with E-state index in [0.29, 0.717) is 19.5 Å². The van der Waals surface area contributed by atoms with Crippen molar-refractivity contribution < 1.29 is 19.4 Å². The topological polar surface area (TPSA) is 95.6 Å². The molecule has 7 nitrogen and oxygen atoms in total. The maximum atomic E-state index is 12.0. The lowest BCUT2D eigenvalue weighted by Gasteiger charge is -2.24. The molecular formula is C15H19N3O4. The zero-order chi connectivity index (χ0) is 16.5. The summed E-state index contributed by atoms with van der Waals surface area (Å²) in [6.45, 7) is 6.26. The normalized spacial score (nSPS) is 18.1. The smallest absolute Gasteiger partial charge is 0.410 e. The number of ether oxygens (including phenoxy) is 1. The molecule has 1 amide bonds. The minimum Gasteiger partial charge on any atom is -0.477 e. The molecule has 0 radical (unpaired) electrons. The first-order valence-corrected chi connectivity index (χ1v) is 7.05. The maximum Gasteiger partial charge on any atom is 0.410 e. The molecule has 1 atom stereocenters. The molecule has 1 aliphatic heterocycles. The number of nitrogens with zero attached hydrogens (tertiary/aromatic N) is 3. The Morgan fingerprint density at radius 3 is 2.68 bits per heavy atom. The second-order valence-corrected chi connectivity index (χ2v) is 6.27. The largest absolute Gasteiger partial charge is 0.477 e. The van der Waals surface area contributed by atoms with Gasteiger partial charge < -0.3 is 19.3 Å². The lowest BCUT2D eigenvalue weighted by atomic mass is 10.2. The summed E-state index contributed by atoms with van der Waals surface area (Å²) >= 11 is 0. The van der Waals surface area contributed by atoms with Gasteiger partial charge in [0, 0.05) is 19.3 Å². The number of rotatable bonds is 2. The number of amides is 1. The molecule has 1 unspecified atom stereocenters. The van der Waals surface area contributed by atoms with Crippen LogP contribution in [0.5, 0.6) is 0 Å². The van der Waals surface area contributed by atoms with Gasteiger partial charge in [-0.05, 0) is 33.3 Å². The van der Waals surface area contributed by atoms with Gasteiger partial charge in [0.15, 0.2) is 0 Å². The fraction of sp³-hybridized carbons (Fsp3) is 0.533. The van der Waals surface area contributed by atoms with Crippen LogP contribution in [0, 0.1) is 11.3 Å². The number of aromatic nitrogens is 1. The molecule has 0 bridgehead atoms. The fourth-order valence-electron chi connectivity index (χ4n) is 2.53. The van der Waals surface area contributed by atoms with Crippen LogP contribution in [0.3, 0.4) is 0 Å². The van der Waals surface area contributed by atoms with E-state index in [0.717, 1.165) is 0 Å². The van der Waals surface area contributed by atoms with Crippen molar-refractivity contribution in [2.24, 2.45) is 0 Å². The quantitative estimate of drug-likeness (QED) is 0.904. The van der Waals surface area contributed by atoms with E-state index in [2.05, 4.69) is 0 Å². The van der Waals surface area contributed by atoms with Crippen molar-refractivity contribution >= 4 is 12.1 Å². The van der Waals surface area contributed by atoms with Gasteiger partial charge in [0.1, 0.15) is 17.4 Å². The predicted molar refractivity (Wildman–Crippen MR) is 77.6 cm³/mol. The zero-order valence-electron chi connectivity index (χ0n) is 12.9. The summed E-state index contributed by atoms with van der Waals surface area (Å²) in [5.41, 5.74) is -0.468. The highest BCUT2D eigenvalue weighted by Gasteiger charge is 2.32. The average Bonchev–Trinajstić information content (AvgIpc) is 3.02. The van der Waals surface area contributed by atoms with Crippen LogP contribution in [0.25, 0.3) is 0 Å². The maximum absolute atomic E-state index is 12.0. The Hall–Kier alpha value is -2.49. The van der Waals surface area contributed by atoms with Crippen LogP contribution in [-0.2, 0) is 4.74 Å². The molecule has 0 aliphatic carbocycles. The number of nitriles is 1. The monoisotopic (exact) mass is 305 g/mol. The number of carboxylic acid groups (broad SMARTS) is 1. The van der Waals surface area contributed by atoms with Crippen molar-refractivity contribution in [1.82, 2.24) is 9.47 Å². The summed E-state index contributed by atoms with van der Waals surface area (Å²) in [5, 5.41) is 18.3. The van der Waals surface area contributed by atoms with Crippen LogP contribution in [0.2, 0.25) is 0 Å². The molecule has 7 heteroatoms. The summed E-state index contributed by atoms with van der Waals surface area (Å²) in [6.07, 6.45) is 1.81. The van der Waals surface area contributed by atoms with Crippen LogP contribution < -0.4 is 0 Å². The Morgan fingerprint density at radius 1 is 1.45 bits per heavy atom. The third-order valence-electron chi connectivity index (χ3n) is 3.45. The molecule has 0 saturated carbocycles. The number of carbonyl (C=O) groups is 2. The molecular weight excluding hydrogens is 286 g/mol. The number of carboxylic acids is 1. The molecule has 1 saturated heterocycles. The van der Waals surface area contributed by atoms with E-state index in [4.69, 9.17) is 10.00 Å². The van der Waals surface area contributed by atoms with Gasteiger partial charge in [0.05, 0.1) is 11.6 Å². The number of hydrogen-bond acceptors (Lipinski definition) is 4. The van der Waals surface area contributed by atoms with Crippen LogP contribution in [0.1, 0.15) is 49.3 Å². The van der Waals surface area contributed by atoms with Crippen molar-refractivity contribution in [3.63, 3.8) is 0 Å². The summed E-state index contributed by atoms with van der Waals surface area (Å²) < 4.78 is 6.88. The zero-order valence-corrected chi connectivity index (χ0v) is 12.9. The fourth-order valence-corrected chi connectivity index (χ4v) is 2.53. The summed E-state index contributed by atoms with van der Waals surface area (Å²) in [4.78, 5) is 25.0. The number of likely N-dealkylation sites (tertiary alicyclic amines) is 1. The first-order valence-electron chi connectivity index (χ1n) is 7.05. The van der Waals surface area contributed by atoms with Gasteiger partial charge in [0.2, 0.25) is 0 Å². The number of aromatic carboxylic acids is 1. The van der Waals surface area contributed by atoms with E-state index in [1.807, 2.05) is 6.07 Å². The molecule has 2 rings (SSSR count). The Labute approximate surface area is 128 Å². The second-order valence-electron chi connectivity index (χ2n) is 6.27. The third kappa shape index (κ3) is 3.22. The number of hydrogen-bond donors (Lipinski definition) is 1. The first kappa shape index (κ1) is 15.9. The highest BCUT2D eigenvalue weighted by Crippen LogP contribution is 2.26. The minimum absolute atomic E-state index is 0.0291. The van der Waals surface area contributed by atoms with Gasteiger partial charge in [0.25, 0.3) is 0 Å². The Kier molecular flexibility index (Phi) is 4.13. The van der Waals surface area contributed by atoms with Crippen LogP contribution in [-0.4, -0.2) is 45.3 Å². The molecule has 0 aromatic carbocycles. The first-order chi connectivity index (χ1) is 10.2. The van der Waals surface area contributed by atoms with Crippen molar-refractivity contribution in [2.75, 3.05) is 13.1 Å². The van der Waals surface area contributed by atoms with Gasteiger partial charge in [-0.25, -0.2) is 9.59 Å². The molecule has 1 aliphatic rings. The van der Waals surface area contributed by atoms with Crippen LogP contribution in [0.4, 0.5) is 4.79 Å². The summed E-state index contributed by atoms with van der Waals surface area (Å²) in [7, 11) is 0. The van der Waals surface area contributed by atoms with E-state index < -0.39 is 17.7 Å². The van der Waals surface area contributed by atoms with E-state index in [1.165, 1.54) is 6.07 Å². The highest BCUT2D eigenvalue weighted by atomic mass is 16.6. The van der Waals surface area contributed by atoms with E-state index in [-0.39, 0.29) is 17.3 Å². The van der Waals surface area contributed by atoms with Crippen molar-refractivity contribution in [2.45, 2.75) is 38.8 Å². The summed E-state index contributed by atoms with van der Waals surface area (Å²) in [6, 6.07) is 3.20. The van der Waals surface area contributed by atoms with E-state index in [9.17, 15) is 14.7 Å². The average molecular weight is 305 g/mol. The molecule has 118 valence electrons. The van der Waals surface area contributed by atoms with Gasteiger partial charge in [-0.1, -0.05) is 0 Å². The molecule has 2 heterocycles. The highest BCUT2D eigenvalue weighted by molar-refractivity contribution is 5.89. The molecule has 22 heavy (non-hydrogen) atoms. The Bertz CT molecular complexity index is 636. The minimum atomic E-state index is -1.14. The third-order valence-corrected chi connectivity index (χ3v) is 3.45. The van der Waals surface area contributed by atoms with Crippen LogP contribution >= 0.6 is 0 Å². The summed E-state index contributed by atoms with van der Waals surface area (Å²) in [5.74, 6) is -1.14. The van der Waals surface area contributed by atoms with E-state index in [1.54, 1.807) is 36.4 Å².